The summed E-state index contributed by atoms with van der Waals surface area (Å²) in [4.78, 5) is 26.6. The molecule has 4 heteroatoms. The molecule has 0 spiro atoms. The molecule has 1 aliphatic rings. The molecular formula is C17H14BrNO2. The lowest BCUT2D eigenvalue weighted by Crippen LogP contribution is -2.26. The molecule has 2 aromatic rings. The predicted molar refractivity (Wildman–Crippen MR) is 86.0 cm³/mol. The van der Waals surface area contributed by atoms with Crippen molar-refractivity contribution in [1.82, 2.24) is 0 Å². The minimum absolute atomic E-state index is 0.0465. The fraction of sp³-hybridized carbons (Fsp3) is 0.176. The molecule has 21 heavy (non-hydrogen) atoms. The van der Waals surface area contributed by atoms with E-state index in [9.17, 15) is 9.59 Å². The Balaban J connectivity index is 2.01. The Labute approximate surface area is 131 Å². The standard InChI is InChI=1S/C17H14BrNO2/c18-13-10-16(20)19(11-13)15-9-5-4-8-14(15)17(21)12-6-2-1-3-7-12/h1-9,13H,10-11H2. The largest absolute Gasteiger partial charge is 0.311 e. The Morgan fingerprint density at radius 2 is 1.71 bits per heavy atom. The smallest absolute Gasteiger partial charge is 0.228 e. The fourth-order valence-corrected chi connectivity index (χ4v) is 3.11. The second-order valence-corrected chi connectivity index (χ2v) is 6.31. The predicted octanol–water partition coefficient (Wildman–Crippen LogP) is 3.42. The van der Waals surface area contributed by atoms with E-state index in [4.69, 9.17) is 0 Å². The molecule has 1 amide bonds. The van der Waals surface area contributed by atoms with E-state index in [-0.39, 0.29) is 16.5 Å². The topological polar surface area (TPSA) is 37.4 Å². The zero-order chi connectivity index (χ0) is 14.8. The number of hydrogen-bond acceptors (Lipinski definition) is 2. The van der Waals surface area contributed by atoms with Crippen LogP contribution in [0.15, 0.2) is 54.6 Å². The third-order valence-electron chi connectivity index (χ3n) is 3.55. The molecule has 2 aromatic carbocycles. The van der Waals surface area contributed by atoms with Crippen LogP contribution in [0.2, 0.25) is 0 Å². The lowest BCUT2D eigenvalue weighted by Gasteiger charge is -2.19. The van der Waals surface area contributed by atoms with Crippen LogP contribution in [0.1, 0.15) is 22.3 Å². The molecule has 106 valence electrons. The second-order valence-electron chi connectivity index (χ2n) is 5.02. The average molecular weight is 344 g/mol. The molecule has 3 nitrogen and oxygen atoms in total. The quantitative estimate of drug-likeness (QED) is 0.632. The van der Waals surface area contributed by atoms with E-state index in [1.165, 1.54) is 0 Å². The minimum atomic E-state index is -0.0583. The van der Waals surface area contributed by atoms with Gasteiger partial charge in [-0.2, -0.15) is 0 Å². The van der Waals surface area contributed by atoms with Gasteiger partial charge in [0.15, 0.2) is 5.78 Å². The summed E-state index contributed by atoms with van der Waals surface area (Å²) in [5.41, 5.74) is 1.89. The Morgan fingerprint density at radius 3 is 2.38 bits per heavy atom. The minimum Gasteiger partial charge on any atom is -0.311 e. The number of ketones is 1. The monoisotopic (exact) mass is 343 g/mol. The molecule has 1 saturated heterocycles. The van der Waals surface area contributed by atoms with Crippen LogP contribution in [0.25, 0.3) is 0 Å². The summed E-state index contributed by atoms with van der Waals surface area (Å²) in [7, 11) is 0. The molecule has 0 N–H and O–H groups in total. The lowest BCUT2D eigenvalue weighted by atomic mass is 10.0. The first kappa shape index (κ1) is 14.0. The Kier molecular flexibility index (Phi) is 3.88. The third kappa shape index (κ3) is 2.76. The van der Waals surface area contributed by atoms with Gasteiger partial charge >= 0.3 is 0 Å². The maximum absolute atomic E-state index is 12.7. The van der Waals surface area contributed by atoms with Gasteiger partial charge in [-0.1, -0.05) is 58.4 Å². The van der Waals surface area contributed by atoms with Crippen molar-refractivity contribution in [2.75, 3.05) is 11.4 Å². The Morgan fingerprint density at radius 1 is 1.05 bits per heavy atom. The van der Waals surface area contributed by atoms with Crippen molar-refractivity contribution in [3.05, 3.63) is 65.7 Å². The molecule has 1 heterocycles. The van der Waals surface area contributed by atoms with Crippen molar-refractivity contribution in [3.63, 3.8) is 0 Å². The number of alkyl halides is 1. The molecule has 1 atom stereocenters. The van der Waals surface area contributed by atoms with Gasteiger partial charge in [-0.25, -0.2) is 0 Å². The highest BCUT2D eigenvalue weighted by molar-refractivity contribution is 9.09. The van der Waals surface area contributed by atoms with Crippen molar-refractivity contribution in [2.24, 2.45) is 0 Å². The number of nitrogens with zero attached hydrogens (tertiary/aromatic N) is 1. The highest BCUT2D eigenvalue weighted by atomic mass is 79.9. The molecule has 1 fully saturated rings. The van der Waals surface area contributed by atoms with Gasteiger partial charge in [0.05, 0.1) is 5.69 Å². The number of amides is 1. The van der Waals surface area contributed by atoms with Crippen LogP contribution in [0.5, 0.6) is 0 Å². The van der Waals surface area contributed by atoms with Gasteiger partial charge in [-0.3, -0.25) is 9.59 Å². The maximum Gasteiger partial charge on any atom is 0.228 e. The van der Waals surface area contributed by atoms with Gasteiger partial charge in [0.25, 0.3) is 0 Å². The zero-order valence-electron chi connectivity index (χ0n) is 11.3. The molecule has 3 rings (SSSR count). The van der Waals surface area contributed by atoms with E-state index in [1.807, 2.05) is 36.4 Å². The van der Waals surface area contributed by atoms with Crippen molar-refractivity contribution < 1.29 is 9.59 Å². The summed E-state index contributed by atoms with van der Waals surface area (Å²) in [6.07, 6.45) is 0.466. The van der Waals surface area contributed by atoms with Gasteiger partial charge in [-0.15, -0.1) is 0 Å². The van der Waals surface area contributed by atoms with E-state index >= 15 is 0 Å². The molecular weight excluding hydrogens is 330 g/mol. The van der Waals surface area contributed by atoms with Crippen LogP contribution in [0.3, 0.4) is 0 Å². The van der Waals surface area contributed by atoms with Crippen LogP contribution >= 0.6 is 15.9 Å². The second kappa shape index (κ2) is 5.82. The van der Waals surface area contributed by atoms with Crippen LogP contribution in [0, 0.1) is 0 Å². The first-order valence-electron chi connectivity index (χ1n) is 6.80. The van der Waals surface area contributed by atoms with Crippen LogP contribution in [-0.4, -0.2) is 23.1 Å². The summed E-state index contributed by atoms with van der Waals surface area (Å²) in [5, 5.41) is 0. The number of halogens is 1. The fourth-order valence-electron chi connectivity index (χ4n) is 2.54. The van der Waals surface area contributed by atoms with Crippen molar-refractivity contribution >= 4 is 33.3 Å². The SMILES string of the molecule is O=C(c1ccccc1)c1ccccc1N1CC(Br)CC1=O. The number of anilines is 1. The van der Waals surface area contributed by atoms with E-state index in [1.54, 1.807) is 23.1 Å². The zero-order valence-corrected chi connectivity index (χ0v) is 12.9. The molecule has 0 bridgehead atoms. The van der Waals surface area contributed by atoms with E-state index in [0.717, 1.165) is 0 Å². The summed E-state index contributed by atoms with van der Waals surface area (Å²) in [6, 6.07) is 16.4. The Hall–Kier alpha value is -1.94. The third-order valence-corrected chi connectivity index (χ3v) is 4.17. The van der Waals surface area contributed by atoms with Gasteiger partial charge in [-0.05, 0) is 12.1 Å². The molecule has 1 unspecified atom stereocenters. The lowest BCUT2D eigenvalue weighted by molar-refractivity contribution is -0.117. The normalized spacial score (nSPS) is 18.0. The van der Waals surface area contributed by atoms with Gasteiger partial charge < -0.3 is 4.90 Å². The van der Waals surface area contributed by atoms with E-state index in [2.05, 4.69) is 15.9 Å². The molecule has 0 aromatic heterocycles. The average Bonchev–Trinajstić information content (AvgIpc) is 2.86. The van der Waals surface area contributed by atoms with Crippen molar-refractivity contribution in [3.8, 4) is 0 Å². The summed E-state index contributed by atoms with van der Waals surface area (Å²) < 4.78 is 0. The highest BCUT2D eigenvalue weighted by Gasteiger charge is 2.31. The van der Waals surface area contributed by atoms with E-state index < -0.39 is 0 Å². The first-order valence-corrected chi connectivity index (χ1v) is 7.71. The molecule has 0 aliphatic carbocycles. The molecule has 1 aliphatic heterocycles. The first-order chi connectivity index (χ1) is 10.2. The van der Waals surface area contributed by atoms with E-state index in [0.29, 0.717) is 29.8 Å². The summed E-state index contributed by atoms with van der Waals surface area (Å²) >= 11 is 3.48. The number of benzene rings is 2. The molecule has 0 radical (unpaired) electrons. The summed E-state index contributed by atoms with van der Waals surface area (Å²) in [6.45, 7) is 0.595. The van der Waals surface area contributed by atoms with Crippen LogP contribution in [-0.2, 0) is 4.79 Å². The number of hydrogen-bond donors (Lipinski definition) is 0. The van der Waals surface area contributed by atoms with Crippen LogP contribution in [0.4, 0.5) is 5.69 Å². The number of carbonyl (C=O) groups excluding carboxylic acids is 2. The van der Waals surface area contributed by atoms with Crippen molar-refractivity contribution in [1.29, 1.82) is 0 Å². The Bertz CT molecular complexity index is 684. The van der Waals surface area contributed by atoms with Gasteiger partial charge in [0, 0.05) is 28.9 Å². The molecule has 0 saturated carbocycles. The van der Waals surface area contributed by atoms with Gasteiger partial charge in [0.1, 0.15) is 0 Å². The highest BCUT2D eigenvalue weighted by Crippen LogP contribution is 2.29. The maximum atomic E-state index is 12.7. The number of rotatable bonds is 3. The number of carbonyl (C=O) groups is 2. The summed E-state index contributed by atoms with van der Waals surface area (Å²) in [5.74, 6) is -0.0118. The van der Waals surface area contributed by atoms with Gasteiger partial charge in [0.2, 0.25) is 5.91 Å². The number of para-hydroxylation sites is 1. The van der Waals surface area contributed by atoms with Crippen molar-refractivity contribution in [2.45, 2.75) is 11.2 Å². The van der Waals surface area contributed by atoms with Crippen LogP contribution < -0.4 is 4.90 Å².